The van der Waals surface area contributed by atoms with Gasteiger partial charge in [-0.3, -0.25) is 9.59 Å². The van der Waals surface area contributed by atoms with Crippen LogP contribution in [0.15, 0.2) is 35.7 Å². The van der Waals surface area contributed by atoms with Gasteiger partial charge in [0.15, 0.2) is 0 Å². The summed E-state index contributed by atoms with van der Waals surface area (Å²) in [5, 5.41) is 2.72. The Bertz CT molecular complexity index is 850. The van der Waals surface area contributed by atoms with Crippen molar-refractivity contribution < 1.29 is 14.3 Å². The van der Waals surface area contributed by atoms with Gasteiger partial charge in [0, 0.05) is 28.9 Å². The molecule has 0 fully saturated rings. The summed E-state index contributed by atoms with van der Waals surface area (Å²) in [5.74, 6) is 0.673. The number of amides is 2. The Morgan fingerprint density at radius 1 is 1.28 bits per heavy atom. The molecule has 29 heavy (non-hydrogen) atoms. The van der Waals surface area contributed by atoms with E-state index in [2.05, 4.69) is 11.4 Å². The van der Waals surface area contributed by atoms with Gasteiger partial charge in [-0.1, -0.05) is 18.5 Å². The number of fused-ring (bicyclic) bond motifs is 1. The van der Waals surface area contributed by atoms with E-state index in [1.165, 1.54) is 4.88 Å². The van der Waals surface area contributed by atoms with Crippen molar-refractivity contribution in [3.8, 4) is 5.75 Å². The molecule has 1 aliphatic heterocycles. The highest BCUT2D eigenvalue weighted by Crippen LogP contribution is 2.34. The number of thiophene rings is 1. The van der Waals surface area contributed by atoms with Crippen LogP contribution in [0.5, 0.6) is 5.75 Å². The first-order valence-electron chi connectivity index (χ1n) is 9.94. The first-order valence-corrected chi connectivity index (χ1v) is 11.2. The van der Waals surface area contributed by atoms with Gasteiger partial charge in [0.2, 0.25) is 11.8 Å². The van der Waals surface area contributed by atoms with Crippen LogP contribution >= 0.6 is 22.9 Å². The molecular formula is C22H27ClN2O3S. The molecule has 0 bridgehead atoms. The van der Waals surface area contributed by atoms with Crippen LogP contribution in [0.1, 0.15) is 43.7 Å². The standard InChI is InChI=1S/C22H27ClN2O3S/c1-4-21(26)25(15(2)3)13-22(27)24-11-9-20-18(10-12-29-20)19(24)14-28-17-7-5-16(23)6-8-17/h5-8,10,12,15,19H,4,9,11,13-14H2,1-3H3/t19-/m1/s1. The number of ether oxygens (including phenoxy) is 1. The first-order chi connectivity index (χ1) is 13.9. The number of rotatable bonds is 7. The average Bonchev–Trinajstić information content (AvgIpc) is 3.19. The van der Waals surface area contributed by atoms with E-state index in [9.17, 15) is 9.59 Å². The molecule has 1 aromatic carbocycles. The second kappa shape index (κ2) is 9.63. The van der Waals surface area contributed by atoms with Gasteiger partial charge in [0.25, 0.3) is 0 Å². The quantitative estimate of drug-likeness (QED) is 0.642. The number of carbonyl (C=O) groups excluding carboxylic acids is 2. The number of hydrogen-bond donors (Lipinski definition) is 0. The third-order valence-corrected chi connectivity index (χ3v) is 6.44. The van der Waals surface area contributed by atoms with Crippen LogP contribution in [0, 0.1) is 0 Å². The van der Waals surface area contributed by atoms with Gasteiger partial charge in [-0.25, -0.2) is 0 Å². The minimum Gasteiger partial charge on any atom is -0.491 e. The third-order valence-electron chi connectivity index (χ3n) is 5.19. The Hall–Kier alpha value is -2.05. The molecule has 5 nitrogen and oxygen atoms in total. The van der Waals surface area contributed by atoms with E-state index in [1.54, 1.807) is 28.4 Å². The molecule has 0 spiro atoms. The van der Waals surface area contributed by atoms with Gasteiger partial charge in [-0.2, -0.15) is 0 Å². The summed E-state index contributed by atoms with van der Waals surface area (Å²) in [6.45, 7) is 6.79. The smallest absolute Gasteiger partial charge is 0.242 e. The lowest BCUT2D eigenvalue weighted by atomic mass is 10.00. The fourth-order valence-electron chi connectivity index (χ4n) is 3.58. The highest BCUT2D eigenvalue weighted by Gasteiger charge is 2.33. The number of halogens is 1. The molecule has 2 aromatic rings. The lowest BCUT2D eigenvalue weighted by molar-refractivity contribution is -0.144. The van der Waals surface area contributed by atoms with Crippen LogP contribution in [0.25, 0.3) is 0 Å². The first kappa shape index (κ1) is 21.7. The van der Waals surface area contributed by atoms with E-state index in [4.69, 9.17) is 16.3 Å². The maximum Gasteiger partial charge on any atom is 0.242 e. The van der Waals surface area contributed by atoms with Crippen molar-refractivity contribution in [2.45, 2.75) is 45.7 Å². The topological polar surface area (TPSA) is 49.9 Å². The Balaban J connectivity index is 1.77. The molecule has 0 aliphatic carbocycles. The maximum atomic E-state index is 13.2. The molecule has 0 saturated heterocycles. The Morgan fingerprint density at radius 3 is 2.66 bits per heavy atom. The van der Waals surface area contributed by atoms with E-state index in [-0.39, 0.29) is 30.4 Å². The zero-order valence-electron chi connectivity index (χ0n) is 17.1. The monoisotopic (exact) mass is 434 g/mol. The molecule has 1 aliphatic rings. The molecule has 156 valence electrons. The number of nitrogens with zero attached hydrogens (tertiary/aromatic N) is 2. The molecule has 7 heteroatoms. The fraction of sp³-hybridized carbons (Fsp3) is 0.455. The van der Waals surface area contributed by atoms with Crippen molar-refractivity contribution in [1.29, 1.82) is 0 Å². The summed E-state index contributed by atoms with van der Waals surface area (Å²) < 4.78 is 6.00. The minimum atomic E-state index is -0.168. The Morgan fingerprint density at radius 2 is 2.00 bits per heavy atom. The van der Waals surface area contributed by atoms with Crippen LogP contribution in [0.4, 0.5) is 0 Å². The van der Waals surface area contributed by atoms with E-state index < -0.39 is 0 Å². The van der Waals surface area contributed by atoms with Gasteiger partial charge in [-0.05, 0) is 61.5 Å². The van der Waals surface area contributed by atoms with Gasteiger partial charge < -0.3 is 14.5 Å². The van der Waals surface area contributed by atoms with E-state index >= 15 is 0 Å². The van der Waals surface area contributed by atoms with Gasteiger partial charge in [0.1, 0.15) is 12.4 Å². The van der Waals surface area contributed by atoms with Crippen molar-refractivity contribution in [2.75, 3.05) is 19.7 Å². The van der Waals surface area contributed by atoms with Crippen molar-refractivity contribution in [3.63, 3.8) is 0 Å². The zero-order valence-corrected chi connectivity index (χ0v) is 18.6. The molecule has 2 heterocycles. The largest absolute Gasteiger partial charge is 0.491 e. The van der Waals surface area contributed by atoms with Crippen LogP contribution in [0.3, 0.4) is 0 Å². The van der Waals surface area contributed by atoms with Crippen molar-refractivity contribution in [1.82, 2.24) is 9.80 Å². The summed E-state index contributed by atoms with van der Waals surface area (Å²) in [5.41, 5.74) is 1.14. The molecule has 3 rings (SSSR count). The van der Waals surface area contributed by atoms with Gasteiger partial charge in [-0.15, -0.1) is 11.3 Å². The lowest BCUT2D eigenvalue weighted by Crippen LogP contribution is -2.49. The normalized spacial score (nSPS) is 15.9. The summed E-state index contributed by atoms with van der Waals surface area (Å²) in [4.78, 5) is 30.3. The van der Waals surface area contributed by atoms with E-state index in [1.807, 2.05) is 37.8 Å². The summed E-state index contributed by atoms with van der Waals surface area (Å²) in [6.07, 6.45) is 1.23. The molecule has 1 aromatic heterocycles. The van der Waals surface area contributed by atoms with Crippen molar-refractivity contribution in [2.24, 2.45) is 0 Å². The number of hydrogen-bond acceptors (Lipinski definition) is 4. The third kappa shape index (κ3) is 5.11. The maximum absolute atomic E-state index is 13.2. The summed E-state index contributed by atoms with van der Waals surface area (Å²) in [6, 6.07) is 9.11. The molecule has 0 N–H and O–H groups in total. The second-order valence-corrected chi connectivity index (χ2v) is 8.82. The SMILES string of the molecule is CCC(=O)N(CC(=O)N1CCc2sccc2[C@H]1COc1ccc(Cl)cc1)C(C)C. The molecule has 2 amide bonds. The van der Waals surface area contributed by atoms with Crippen molar-refractivity contribution in [3.05, 3.63) is 51.2 Å². The zero-order chi connectivity index (χ0) is 21.0. The number of benzene rings is 1. The average molecular weight is 435 g/mol. The lowest BCUT2D eigenvalue weighted by Gasteiger charge is -2.37. The minimum absolute atomic E-state index is 0.00412. The van der Waals surface area contributed by atoms with Crippen LogP contribution < -0.4 is 4.74 Å². The van der Waals surface area contributed by atoms with E-state index in [0.717, 1.165) is 12.0 Å². The predicted molar refractivity (Wildman–Crippen MR) is 117 cm³/mol. The highest BCUT2D eigenvalue weighted by atomic mass is 35.5. The predicted octanol–water partition coefficient (Wildman–Crippen LogP) is 4.55. The molecular weight excluding hydrogens is 408 g/mol. The Labute approximate surface area is 181 Å². The number of carbonyl (C=O) groups is 2. The van der Waals surface area contributed by atoms with Gasteiger partial charge >= 0.3 is 0 Å². The summed E-state index contributed by atoms with van der Waals surface area (Å²) >= 11 is 7.67. The van der Waals surface area contributed by atoms with Crippen molar-refractivity contribution >= 4 is 34.8 Å². The van der Waals surface area contributed by atoms with Gasteiger partial charge in [0.05, 0.1) is 12.6 Å². The van der Waals surface area contributed by atoms with Crippen LogP contribution in [-0.4, -0.2) is 47.4 Å². The summed E-state index contributed by atoms with van der Waals surface area (Å²) in [7, 11) is 0. The molecule has 0 radical (unpaired) electrons. The second-order valence-electron chi connectivity index (χ2n) is 7.39. The van der Waals surface area contributed by atoms with E-state index in [0.29, 0.717) is 30.3 Å². The Kier molecular flexibility index (Phi) is 7.19. The van der Waals surface area contributed by atoms with Crippen LogP contribution in [0.2, 0.25) is 5.02 Å². The van der Waals surface area contributed by atoms with Crippen LogP contribution in [-0.2, 0) is 16.0 Å². The molecule has 1 atom stereocenters. The fourth-order valence-corrected chi connectivity index (χ4v) is 4.63. The molecule has 0 unspecified atom stereocenters. The highest BCUT2D eigenvalue weighted by molar-refractivity contribution is 7.10. The molecule has 0 saturated carbocycles.